The van der Waals surface area contributed by atoms with E-state index in [1.807, 2.05) is 0 Å². The number of carbonyl (C=O) groups excluding carboxylic acids is 2. The molecular formula is C12H9FN2O2. The van der Waals surface area contributed by atoms with E-state index in [9.17, 15) is 14.0 Å². The Morgan fingerprint density at radius 1 is 1.35 bits per heavy atom. The zero-order valence-corrected chi connectivity index (χ0v) is 9.03. The standard InChI is InChI=1S/C12H9FN2O2/c1-7(16)12(17)15-11-5-9(13)4-8-6-14-3-2-10(8)11/h2-6H,1H3,(H,15,17). The number of halogens is 1. The van der Waals surface area contributed by atoms with Crippen molar-refractivity contribution >= 4 is 28.2 Å². The molecule has 0 bridgehead atoms. The number of pyridine rings is 1. The van der Waals surface area contributed by atoms with Crippen LogP contribution in [0.25, 0.3) is 10.8 Å². The largest absolute Gasteiger partial charge is 0.319 e. The first-order chi connectivity index (χ1) is 8.08. The molecule has 1 N–H and O–H groups in total. The van der Waals surface area contributed by atoms with E-state index >= 15 is 0 Å². The van der Waals surface area contributed by atoms with E-state index in [1.165, 1.54) is 24.5 Å². The lowest BCUT2D eigenvalue weighted by molar-refractivity contribution is -0.133. The van der Waals surface area contributed by atoms with Crippen molar-refractivity contribution in [2.75, 3.05) is 5.32 Å². The molecule has 0 aliphatic carbocycles. The van der Waals surface area contributed by atoms with Crippen molar-refractivity contribution in [1.29, 1.82) is 0 Å². The molecule has 0 saturated heterocycles. The summed E-state index contributed by atoms with van der Waals surface area (Å²) in [7, 11) is 0. The molecule has 1 aromatic carbocycles. The number of fused-ring (bicyclic) bond motifs is 1. The zero-order valence-electron chi connectivity index (χ0n) is 9.03. The number of nitrogens with zero attached hydrogens (tertiary/aromatic N) is 1. The van der Waals surface area contributed by atoms with Crippen LogP contribution < -0.4 is 5.32 Å². The SMILES string of the molecule is CC(=O)C(=O)Nc1cc(F)cc2cnccc12. The minimum Gasteiger partial charge on any atom is -0.319 e. The van der Waals surface area contributed by atoms with Gasteiger partial charge in [0.05, 0.1) is 5.69 Å². The van der Waals surface area contributed by atoms with Crippen molar-refractivity contribution < 1.29 is 14.0 Å². The van der Waals surface area contributed by atoms with Crippen molar-refractivity contribution in [1.82, 2.24) is 4.98 Å². The van der Waals surface area contributed by atoms with Crippen LogP contribution in [0.5, 0.6) is 0 Å². The van der Waals surface area contributed by atoms with Crippen molar-refractivity contribution in [3.8, 4) is 0 Å². The van der Waals surface area contributed by atoms with E-state index in [1.54, 1.807) is 6.07 Å². The molecule has 0 atom stereocenters. The van der Waals surface area contributed by atoms with Gasteiger partial charge in [0.1, 0.15) is 5.82 Å². The Hall–Kier alpha value is -2.30. The summed E-state index contributed by atoms with van der Waals surface area (Å²) in [6.45, 7) is 1.15. The summed E-state index contributed by atoms with van der Waals surface area (Å²) in [5.74, 6) is -1.89. The number of benzene rings is 1. The smallest absolute Gasteiger partial charge is 0.291 e. The van der Waals surface area contributed by atoms with Gasteiger partial charge >= 0.3 is 0 Å². The fourth-order valence-corrected chi connectivity index (χ4v) is 1.49. The van der Waals surface area contributed by atoms with E-state index in [4.69, 9.17) is 0 Å². The van der Waals surface area contributed by atoms with Crippen molar-refractivity contribution in [2.45, 2.75) is 6.92 Å². The van der Waals surface area contributed by atoms with Crippen molar-refractivity contribution in [3.63, 3.8) is 0 Å². The van der Waals surface area contributed by atoms with E-state index in [0.29, 0.717) is 10.8 Å². The van der Waals surface area contributed by atoms with E-state index < -0.39 is 17.5 Å². The van der Waals surface area contributed by atoms with E-state index in [0.717, 1.165) is 6.92 Å². The quantitative estimate of drug-likeness (QED) is 0.804. The minimum atomic E-state index is -0.770. The first-order valence-corrected chi connectivity index (χ1v) is 4.93. The molecule has 0 aliphatic rings. The first kappa shape index (κ1) is 11.2. The summed E-state index contributed by atoms with van der Waals surface area (Å²) < 4.78 is 13.3. The molecule has 0 unspecified atom stereocenters. The van der Waals surface area contributed by atoms with Crippen LogP contribution in [0.4, 0.5) is 10.1 Å². The molecule has 2 rings (SSSR count). The monoisotopic (exact) mass is 232 g/mol. The van der Waals surface area contributed by atoms with Gasteiger partial charge in [-0.25, -0.2) is 4.39 Å². The summed E-state index contributed by atoms with van der Waals surface area (Å²) in [4.78, 5) is 26.0. The van der Waals surface area contributed by atoms with Gasteiger partial charge < -0.3 is 5.32 Å². The fraction of sp³-hybridized carbons (Fsp3) is 0.0833. The van der Waals surface area contributed by atoms with E-state index in [-0.39, 0.29) is 5.69 Å². The highest BCUT2D eigenvalue weighted by Gasteiger charge is 2.11. The molecule has 2 aromatic rings. The molecule has 1 amide bonds. The van der Waals surface area contributed by atoms with Gasteiger partial charge in [-0.3, -0.25) is 14.6 Å². The van der Waals surface area contributed by atoms with E-state index in [2.05, 4.69) is 10.3 Å². The molecule has 0 radical (unpaired) electrons. The highest BCUT2D eigenvalue weighted by molar-refractivity contribution is 6.40. The average molecular weight is 232 g/mol. The normalized spacial score (nSPS) is 10.2. The molecular weight excluding hydrogens is 223 g/mol. The Kier molecular flexibility index (Phi) is 2.82. The van der Waals surface area contributed by atoms with Crippen molar-refractivity contribution in [2.24, 2.45) is 0 Å². The van der Waals surface area contributed by atoms with Crippen LogP contribution in [-0.2, 0) is 9.59 Å². The number of aromatic nitrogens is 1. The lowest BCUT2D eigenvalue weighted by Gasteiger charge is -2.07. The van der Waals surface area contributed by atoms with Gasteiger partial charge in [-0.2, -0.15) is 0 Å². The maximum absolute atomic E-state index is 13.3. The third kappa shape index (κ3) is 2.28. The lowest BCUT2D eigenvalue weighted by Crippen LogP contribution is -2.19. The maximum Gasteiger partial charge on any atom is 0.291 e. The second-order valence-electron chi connectivity index (χ2n) is 3.56. The van der Waals surface area contributed by atoms with Gasteiger partial charge in [0.25, 0.3) is 5.91 Å². The summed E-state index contributed by atoms with van der Waals surface area (Å²) in [5.41, 5.74) is 0.266. The maximum atomic E-state index is 13.3. The summed E-state index contributed by atoms with van der Waals surface area (Å²) in [5, 5.41) is 3.57. The Labute approximate surface area is 96.5 Å². The van der Waals surface area contributed by atoms with Crippen LogP contribution in [0, 0.1) is 5.82 Å². The number of amides is 1. The molecule has 17 heavy (non-hydrogen) atoms. The third-order valence-electron chi connectivity index (χ3n) is 2.29. The number of anilines is 1. The van der Waals surface area contributed by atoms with Gasteiger partial charge in [-0.1, -0.05) is 0 Å². The Balaban J connectivity index is 2.52. The number of hydrogen-bond donors (Lipinski definition) is 1. The summed E-state index contributed by atoms with van der Waals surface area (Å²) in [6.07, 6.45) is 3.02. The number of carbonyl (C=O) groups is 2. The number of Topliss-reactive ketones (excluding diaryl/α,β-unsaturated/α-hetero) is 1. The molecule has 86 valence electrons. The van der Waals surface area contributed by atoms with Gasteiger partial charge in [0, 0.05) is 30.1 Å². The van der Waals surface area contributed by atoms with Gasteiger partial charge in [0.15, 0.2) is 0 Å². The predicted molar refractivity (Wildman–Crippen MR) is 61.0 cm³/mol. The second kappa shape index (κ2) is 4.29. The third-order valence-corrected chi connectivity index (χ3v) is 2.29. The zero-order chi connectivity index (χ0) is 12.4. The lowest BCUT2D eigenvalue weighted by atomic mass is 10.1. The van der Waals surface area contributed by atoms with Crippen LogP contribution in [-0.4, -0.2) is 16.7 Å². The van der Waals surface area contributed by atoms with Gasteiger partial charge in [-0.05, 0) is 18.2 Å². The van der Waals surface area contributed by atoms with Crippen LogP contribution in [0.3, 0.4) is 0 Å². The average Bonchev–Trinajstić information content (AvgIpc) is 2.28. The number of nitrogens with one attached hydrogen (secondary N) is 1. The second-order valence-corrected chi connectivity index (χ2v) is 3.56. The molecule has 0 aliphatic heterocycles. The molecule has 1 heterocycles. The number of ketones is 1. The number of rotatable bonds is 2. The highest BCUT2D eigenvalue weighted by Crippen LogP contribution is 2.24. The summed E-state index contributed by atoms with van der Waals surface area (Å²) >= 11 is 0. The Morgan fingerprint density at radius 3 is 2.82 bits per heavy atom. The Bertz CT molecular complexity index is 610. The predicted octanol–water partition coefficient (Wildman–Crippen LogP) is 1.90. The van der Waals surface area contributed by atoms with Crippen LogP contribution in [0.1, 0.15) is 6.92 Å². The molecule has 0 fully saturated rings. The molecule has 5 heteroatoms. The van der Waals surface area contributed by atoms with Gasteiger partial charge in [-0.15, -0.1) is 0 Å². The fourth-order valence-electron chi connectivity index (χ4n) is 1.49. The van der Waals surface area contributed by atoms with Crippen LogP contribution in [0.2, 0.25) is 0 Å². The molecule has 0 spiro atoms. The van der Waals surface area contributed by atoms with Crippen LogP contribution >= 0.6 is 0 Å². The summed E-state index contributed by atoms with van der Waals surface area (Å²) in [6, 6.07) is 4.12. The first-order valence-electron chi connectivity index (χ1n) is 4.93. The Morgan fingerprint density at radius 2 is 2.12 bits per heavy atom. The van der Waals surface area contributed by atoms with Crippen LogP contribution in [0.15, 0.2) is 30.6 Å². The highest BCUT2D eigenvalue weighted by atomic mass is 19.1. The van der Waals surface area contributed by atoms with Crippen molar-refractivity contribution in [3.05, 3.63) is 36.4 Å². The number of hydrogen-bond acceptors (Lipinski definition) is 3. The molecule has 4 nitrogen and oxygen atoms in total. The molecule has 1 aromatic heterocycles. The molecule has 0 saturated carbocycles. The van der Waals surface area contributed by atoms with Gasteiger partial charge in [0.2, 0.25) is 5.78 Å². The topological polar surface area (TPSA) is 59.1 Å². The minimum absolute atomic E-state index is 0.266.